The highest BCUT2D eigenvalue weighted by molar-refractivity contribution is 7.91. The van der Waals surface area contributed by atoms with Crippen LogP contribution in [0, 0.1) is 0 Å². The van der Waals surface area contributed by atoms with Gasteiger partial charge in [0, 0.05) is 6.54 Å². The van der Waals surface area contributed by atoms with Crippen molar-refractivity contribution in [1.82, 2.24) is 4.90 Å². The summed E-state index contributed by atoms with van der Waals surface area (Å²) in [5.74, 6) is -0.169. The molecule has 1 rings (SSSR count). The van der Waals surface area contributed by atoms with E-state index in [4.69, 9.17) is 5.11 Å². The molecule has 0 aromatic carbocycles. The Kier molecular flexibility index (Phi) is 3.28. The molecule has 1 fully saturated rings. The lowest BCUT2D eigenvalue weighted by atomic mass is 10.2. The normalized spacial score (nSPS) is 32.6. The molecule has 2 atom stereocenters. The highest BCUT2D eigenvalue weighted by atomic mass is 32.2. The molecule has 5 nitrogen and oxygen atoms in total. The molecule has 0 aliphatic carbocycles. The molecule has 0 aromatic heterocycles. The molecule has 1 saturated heterocycles. The zero-order chi connectivity index (χ0) is 10.1. The largest absolute Gasteiger partial charge is 0.395 e. The number of likely N-dealkylation sites (N-methyl/N-ethyl adjacent to an activating group) is 1. The summed E-state index contributed by atoms with van der Waals surface area (Å²) in [6.07, 6.45) is -0.818. The van der Waals surface area contributed by atoms with Gasteiger partial charge in [-0.1, -0.05) is 0 Å². The SMILES string of the molecule is CN(CCO)[C@@H]1CS(=O)(=O)C[C@H]1O. The zero-order valence-electron chi connectivity index (χ0n) is 7.55. The third kappa shape index (κ3) is 2.63. The minimum Gasteiger partial charge on any atom is -0.395 e. The van der Waals surface area contributed by atoms with E-state index in [0.717, 1.165) is 0 Å². The van der Waals surface area contributed by atoms with Crippen molar-refractivity contribution in [3.63, 3.8) is 0 Å². The van der Waals surface area contributed by atoms with Crippen molar-refractivity contribution in [3.05, 3.63) is 0 Å². The van der Waals surface area contributed by atoms with Crippen molar-refractivity contribution < 1.29 is 18.6 Å². The summed E-state index contributed by atoms with van der Waals surface area (Å²) in [4.78, 5) is 1.68. The Morgan fingerprint density at radius 3 is 2.46 bits per heavy atom. The molecule has 0 amide bonds. The zero-order valence-corrected chi connectivity index (χ0v) is 8.37. The second kappa shape index (κ2) is 3.91. The number of sulfone groups is 1. The minimum atomic E-state index is -3.08. The predicted molar refractivity (Wildman–Crippen MR) is 48.2 cm³/mol. The maximum atomic E-state index is 11.1. The predicted octanol–water partition coefficient (Wildman–Crippen LogP) is -1.93. The van der Waals surface area contributed by atoms with Crippen LogP contribution in [0.4, 0.5) is 0 Å². The van der Waals surface area contributed by atoms with Crippen molar-refractivity contribution in [1.29, 1.82) is 0 Å². The maximum Gasteiger partial charge on any atom is 0.154 e. The first-order chi connectivity index (χ1) is 5.96. The van der Waals surface area contributed by atoms with Gasteiger partial charge >= 0.3 is 0 Å². The topological polar surface area (TPSA) is 77.8 Å². The summed E-state index contributed by atoms with van der Waals surface area (Å²) in [7, 11) is -1.38. The molecule has 0 spiro atoms. The lowest BCUT2D eigenvalue weighted by molar-refractivity contribution is 0.0877. The first-order valence-corrected chi connectivity index (χ1v) is 5.98. The van der Waals surface area contributed by atoms with Gasteiger partial charge in [0.1, 0.15) is 0 Å². The van der Waals surface area contributed by atoms with Gasteiger partial charge in [0.05, 0.1) is 30.3 Å². The standard InChI is InChI=1S/C7H15NO4S/c1-8(2-3-9)6-4-13(11,12)5-7(6)10/h6-7,9-10H,2-5H2,1H3/t6-,7-/m1/s1. The number of rotatable bonds is 3. The van der Waals surface area contributed by atoms with Crippen LogP contribution in [-0.2, 0) is 9.84 Å². The fraction of sp³-hybridized carbons (Fsp3) is 1.00. The van der Waals surface area contributed by atoms with Crippen molar-refractivity contribution in [2.45, 2.75) is 12.1 Å². The monoisotopic (exact) mass is 209 g/mol. The summed E-state index contributed by atoms with van der Waals surface area (Å²) in [5.41, 5.74) is 0. The molecule has 1 aliphatic heterocycles. The summed E-state index contributed by atoms with van der Waals surface area (Å²) >= 11 is 0. The van der Waals surface area contributed by atoms with E-state index in [2.05, 4.69) is 0 Å². The first-order valence-electron chi connectivity index (χ1n) is 4.16. The average Bonchev–Trinajstić information content (AvgIpc) is 2.25. The second-order valence-corrected chi connectivity index (χ2v) is 5.57. The van der Waals surface area contributed by atoms with E-state index in [0.29, 0.717) is 6.54 Å². The molecule has 0 radical (unpaired) electrons. The highest BCUT2D eigenvalue weighted by Crippen LogP contribution is 2.16. The van der Waals surface area contributed by atoms with Crippen molar-refractivity contribution in [3.8, 4) is 0 Å². The Bertz CT molecular complexity index is 264. The van der Waals surface area contributed by atoms with Crippen LogP contribution in [0.25, 0.3) is 0 Å². The van der Waals surface area contributed by atoms with Crippen LogP contribution < -0.4 is 0 Å². The molecule has 0 unspecified atom stereocenters. The van der Waals surface area contributed by atoms with Gasteiger partial charge in [0.2, 0.25) is 0 Å². The second-order valence-electron chi connectivity index (χ2n) is 3.42. The molecule has 0 aromatic rings. The van der Waals surface area contributed by atoms with Crippen LogP contribution in [0.1, 0.15) is 0 Å². The molecular weight excluding hydrogens is 194 g/mol. The lowest BCUT2D eigenvalue weighted by Gasteiger charge is -2.24. The van der Waals surface area contributed by atoms with Crippen molar-refractivity contribution in [2.75, 3.05) is 31.7 Å². The lowest BCUT2D eigenvalue weighted by Crippen LogP contribution is -2.41. The van der Waals surface area contributed by atoms with E-state index in [9.17, 15) is 13.5 Å². The molecular formula is C7H15NO4S. The quantitative estimate of drug-likeness (QED) is 0.566. The van der Waals surface area contributed by atoms with Gasteiger partial charge in [-0.15, -0.1) is 0 Å². The van der Waals surface area contributed by atoms with E-state index < -0.39 is 15.9 Å². The number of aliphatic hydroxyl groups excluding tert-OH is 2. The van der Waals surface area contributed by atoms with E-state index in [1.54, 1.807) is 11.9 Å². The Balaban J connectivity index is 2.62. The van der Waals surface area contributed by atoms with Gasteiger partial charge in [0.25, 0.3) is 0 Å². The molecule has 2 N–H and O–H groups in total. The Morgan fingerprint density at radius 2 is 2.08 bits per heavy atom. The molecule has 1 aliphatic rings. The van der Waals surface area contributed by atoms with Crippen LogP contribution in [0.5, 0.6) is 0 Å². The van der Waals surface area contributed by atoms with Crippen molar-refractivity contribution >= 4 is 9.84 Å². The van der Waals surface area contributed by atoms with Crippen LogP contribution in [0.3, 0.4) is 0 Å². The summed E-state index contributed by atoms with van der Waals surface area (Å²) < 4.78 is 22.2. The molecule has 6 heteroatoms. The summed E-state index contributed by atoms with van der Waals surface area (Å²) in [6, 6.07) is -0.364. The summed E-state index contributed by atoms with van der Waals surface area (Å²) in [5, 5.41) is 18.1. The fourth-order valence-corrected chi connectivity index (χ4v) is 3.43. The van der Waals surface area contributed by atoms with E-state index >= 15 is 0 Å². The van der Waals surface area contributed by atoms with Crippen LogP contribution in [0.15, 0.2) is 0 Å². The van der Waals surface area contributed by atoms with Gasteiger partial charge in [-0.2, -0.15) is 0 Å². The van der Waals surface area contributed by atoms with Crippen molar-refractivity contribution in [2.24, 2.45) is 0 Å². The molecule has 0 saturated carbocycles. The summed E-state index contributed by atoms with van der Waals surface area (Å²) in [6.45, 7) is 0.358. The smallest absolute Gasteiger partial charge is 0.154 e. The van der Waals surface area contributed by atoms with E-state index in [-0.39, 0.29) is 24.2 Å². The fourth-order valence-electron chi connectivity index (χ4n) is 1.56. The molecule has 1 heterocycles. The third-order valence-corrected chi connectivity index (χ3v) is 4.01. The van der Waals surface area contributed by atoms with Crippen LogP contribution >= 0.6 is 0 Å². The van der Waals surface area contributed by atoms with Gasteiger partial charge in [0.15, 0.2) is 9.84 Å². The number of hydrogen-bond acceptors (Lipinski definition) is 5. The number of aliphatic hydroxyl groups is 2. The molecule has 13 heavy (non-hydrogen) atoms. The Morgan fingerprint density at radius 1 is 1.46 bits per heavy atom. The third-order valence-electron chi connectivity index (χ3n) is 2.31. The minimum absolute atomic E-state index is 0.00926. The van der Waals surface area contributed by atoms with Gasteiger partial charge in [-0.3, -0.25) is 4.90 Å². The van der Waals surface area contributed by atoms with E-state index in [1.165, 1.54) is 0 Å². The van der Waals surface area contributed by atoms with Crippen LogP contribution in [-0.4, -0.2) is 67.4 Å². The Labute approximate surface area is 77.9 Å². The molecule has 78 valence electrons. The molecule has 0 bridgehead atoms. The maximum absolute atomic E-state index is 11.1. The first kappa shape index (κ1) is 10.9. The van der Waals surface area contributed by atoms with Crippen LogP contribution in [0.2, 0.25) is 0 Å². The van der Waals surface area contributed by atoms with E-state index in [1.807, 2.05) is 0 Å². The number of hydrogen-bond donors (Lipinski definition) is 2. The van der Waals surface area contributed by atoms with Gasteiger partial charge in [-0.25, -0.2) is 8.42 Å². The Hall–Kier alpha value is -0.170. The average molecular weight is 209 g/mol. The van der Waals surface area contributed by atoms with Gasteiger partial charge < -0.3 is 10.2 Å². The van der Waals surface area contributed by atoms with Gasteiger partial charge in [-0.05, 0) is 7.05 Å². The highest BCUT2D eigenvalue weighted by Gasteiger charge is 2.38. The number of nitrogens with zero attached hydrogens (tertiary/aromatic N) is 1.